The molecule has 0 saturated carbocycles. The highest BCUT2D eigenvalue weighted by atomic mass is 35.5. The zero-order valence-electron chi connectivity index (χ0n) is 55.7. The van der Waals surface area contributed by atoms with E-state index in [-0.39, 0.29) is 12.4 Å². The third-order valence-electron chi connectivity index (χ3n) is 18.9. The Hall–Kier alpha value is 0.250. The van der Waals surface area contributed by atoms with Gasteiger partial charge in [0.25, 0.3) is 0 Å². The van der Waals surface area contributed by atoms with E-state index in [0.717, 1.165) is 0 Å². The van der Waals surface area contributed by atoms with Crippen molar-refractivity contribution in [3.63, 3.8) is 0 Å². The van der Waals surface area contributed by atoms with Crippen molar-refractivity contribution in [2.75, 3.05) is 26.2 Å². The molecule has 472 valence electrons. The molecule has 0 aliphatic carbocycles. The van der Waals surface area contributed by atoms with Gasteiger partial charge >= 0.3 is 0 Å². The third kappa shape index (κ3) is 67.0. The van der Waals surface area contributed by atoms with Gasteiger partial charge in [-0.15, -0.1) is 0 Å². The topological polar surface area (TPSA) is 0 Å². The summed E-state index contributed by atoms with van der Waals surface area (Å²) in [6, 6.07) is 0. The summed E-state index contributed by atoms with van der Waals surface area (Å²) in [6.45, 7) is 15.3. The Morgan fingerprint density at radius 3 is 0.282 bits per heavy atom. The normalized spacial score (nSPS) is 11.8. The average molecular weight is 1120 g/mol. The monoisotopic (exact) mass is 1120 g/mol. The Bertz CT molecular complexity index is 836. The van der Waals surface area contributed by atoms with E-state index in [2.05, 4.69) is 27.7 Å². The van der Waals surface area contributed by atoms with E-state index in [0.29, 0.717) is 0 Å². The Kier molecular flexibility index (Phi) is 75.5. The van der Waals surface area contributed by atoms with Gasteiger partial charge in [-0.05, 0) is 51.4 Å². The first kappa shape index (κ1) is 80.3. The Balaban J connectivity index is 0. The zero-order valence-corrected chi connectivity index (χ0v) is 56.5. The van der Waals surface area contributed by atoms with Crippen molar-refractivity contribution in [2.24, 2.45) is 0 Å². The average Bonchev–Trinajstić information content (AvgIpc) is 3.44. The molecule has 0 radical (unpaired) electrons. The molecule has 0 aliphatic heterocycles. The molecule has 0 atom stereocenters. The standard InChI is InChI=1S/C76H156N.ClH/c1-5-9-13-17-21-25-29-33-37-41-45-49-53-57-61-65-69-73-77(74-70-66-62-58-54-50-46-42-38-34-30-26-22-18-14-10-6-2,75-71-67-63-59-55-51-47-43-39-35-31-27-23-19-15-11-7-3)76-72-68-64-60-56-52-48-44-40-36-32-28-24-20-16-12-8-4;/h5-76H2,1-4H3;1H/q+1;/p-1. The zero-order chi connectivity index (χ0) is 55.4. The number of rotatable bonds is 72. The maximum absolute atomic E-state index is 2.33. The first-order valence-electron chi connectivity index (χ1n) is 38.1. The molecule has 0 aromatic rings. The van der Waals surface area contributed by atoms with Crippen LogP contribution >= 0.6 is 0 Å². The van der Waals surface area contributed by atoms with Gasteiger partial charge < -0.3 is 16.9 Å². The van der Waals surface area contributed by atoms with Crippen molar-refractivity contribution < 1.29 is 16.9 Å². The van der Waals surface area contributed by atoms with E-state index in [1.165, 1.54) is 467 Å². The summed E-state index contributed by atoms with van der Waals surface area (Å²) in [6.07, 6.45) is 101. The molecule has 0 saturated heterocycles. The van der Waals surface area contributed by atoms with Crippen LogP contribution in [-0.4, -0.2) is 30.7 Å². The lowest BCUT2D eigenvalue weighted by Gasteiger charge is -2.40. The molecule has 78 heavy (non-hydrogen) atoms. The lowest BCUT2D eigenvalue weighted by molar-refractivity contribution is -0.929. The molecule has 1 nitrogen and oxygen atoms in total. The maximum Gasteiger partial charge on any atom is 0.0786 e. The van der Waals surface area contributed by atoms with Gasteiger partial charge in [-0.3, -0.25) is 0 Å². The van der Waals surface area contributed by atoms with E-state index in [9.17, 15) is 0 Å². The highest BCUT2D eigenvalue weighted by Gasteiger charge is 2.26. The van der Waals surface area contributed by atoms with Crippen molar-refractivity contribution in [2.45, 2.75) is 464 Å². The van der Waals surface area contributed by atoms with Gasteiger partial charge in [-0.2, -0.15) is 0 Å². The Morgan fingerprint density at radius 2 is 0.192 bits per heavy atom. The maximum atomic E-state index is 2.33. The van der Waals surface area contributed by atoms with E-state index in [1.54, 1.807) is 0 Å². The molecule has 2 heteroatoms. The molecule has 0 rings (SSSR count). The molecule has 0 aliphatic rings. The summed E-state index contributed by atoms with van der Waals surface area (Å²) < 4.78 is 1.50. The van der Waals surface area contributed by atoms with Crippen molar-refractivity contribution in [1.29, 1.82) is 0 Å². The summed E-state index contributed by atoms with van der Waals surface area (Å²) in [5.74, 6) is 0. The molecule has 0 bridgehead atoms. The van der Waals surface area contributed by atoms with Crippen LogP contribution < -0.4 is 12.4 Å². The van der Waals surface area contributed by atoms with Crippen LogP contribution in [0.5, 0.6) is 0 Å². The minimum Gasteiger partial charge on any atom is -1.00 e. The van der Waals surface area contributed by atoms with Crippen LogP contribution in [0.3, 0.4) is 0 Å². The number of hydrogen-bond donors (Lipinski definition) is 0. The van der Waals surface area contributed by atoms with Gasteiger partial charge in [-0.1, -0.05) is 413 Å². The first-order chi connectivity index (χ1) is 38.2. The van der Waals surface area contributed by atoms with Crippen LogP contribution in [0, 0.1) is 0 Å². The van der Waals surface area contributed by atoms with Crippen molar-refractivity contribution >= 4 is 0 Å². The molecular weight excluding hydrogens is 962 g/mol. The fraction of sp³-hybridized carbons (Fsp3) is 1.00. The second-order valence-electron chi connectivity index (χ2n) is 26.9. The third-order valence-corrected chi connectivity index (χ3v) is 18.9. The van der Waals surface area contributed by atoms with E-state index < -0.39 is 0 Å². The summed E-state index contributed by atoms with van der Waals surface area (Å²) in [5, 5.41) is 0. The lowest BCUT2D eigenvalue weighted by atomic mass is 10.0. The number of quaternary nitrogens is 1. The number of unbranched alkanes of at least 4 members (excludes halogenated alkanes) is 64. The number of nitrogens with zero attached hydrogens (tertiary/aromatic N) is 1. The largest absolute Gasteiger partial charge is 1.00 e. The Labute approximate surface area is 504 Å². The molecule has 0 amide bonds. The Morgan fingerprint density at radius 1 is 0.115 bits per heavy atom. The SMILES string of the molecule is CCCCCCCCCCCCCCCCCCC[N+](CCCCCCCCCCCCCCCCCCC)(CCCCCCCCCCCCCCCCCCC)CCCCCCCCCCCCCCCCCCC.[Cl-]. The predicted molar refractivity (Wildman–Crippen MR) is 356 cm³/mol. The van der Waals surface area contributed by atoms with Crippen molar-refractivity contribution in [3.05, 3.63) is 0 Å². The summed E-state index contributed by atoms with van der Waals surface area (Å²) in [7, 11) is 0. The van der Waals surface area contributed by atoms with E-state index in [4.69, 9.17) is 0 Å². The van der Waals surface area contributed by atoms with Gasteiger partial charge in [-0.25, -0.2) is 0 Å². The summed E-state index contributed by atoms with van der Waals surface area (Å²) in [5.41, 5.74) is 0. The van der Waals surface area contributed by atoms with Crippen LogP contribution in [0.2, 0.25) is 0 Å². The lowest BCUT2D eigenvalue weighted by Crippen LogP contribution is -3.00. The van der Waals surface area contributed by atoms with Gasteiger partial charge in [0.05, 0.1) is 26.2 Å². The van der Waals surface area contributed by atoms with Crippen molar-refractivity contribution in [3.8, 4) is 0 Å². The number of hydrogen-bond acceptors (Lipinski definition) is 0. The van der Waals surface area contributed by atoms with Gasteiger partial charge in [0.2, 0.25) is 0 Å². The highest BCUT2D eigenvalue weighted by Crippen LogP contribution is 2.23. The first-order valence-corrected chi connectivity index (χ1v) is 38.1. The fourth-order valence-corrected chi connectivity index (χ4v) is 13.4. The van der Waals surface area contributed by atoms with Crippen LogP contribution in [0.25, 0.3) is 0 Å². The molecule has 0 spiro atoms. The molecular formula is C76H156ClN. The van der Waals surface area contributed by atoms with Crippen molar-refractivity contribution in [1.82, 2.24) is 0 Å². The highest BCUT2D eigenvalue weighted by molar-refractivity contribution is 4.58. The molecule has 0 aromatic carbocycles. The molecule has 0 aromatic heterocycles. The minimum atomic E-state index is 0. The minimum absolute atomic E-state index is 0. The van der Waals surface area contributed by atoms with Crippen LogP contribution in [0.1, 0.15) is 464 Å². The molecule has 0 N–H and O–H groups in total. The predicted octanol–water partition coefficient (Wildman–Crippen LogP) is 25.4. The van der Waals surface area contributed by atoms with Crippen LogP contribution in [-0.2, 0) is 0 Å². The summed E-state index contributed by atoms with van der Waals surface area (Å²) in [4.78, 5) is 0. The quantitative estimate of drug-likeness (QED) is 0.0421. The molecule has 0 heterocycles. The van der Waals surface area contributed by atoms with Gasteiger partial charge in [0.15, 0.2) is 0 Å². The van der Waals surface area contributed by atoms with E-state index >= 15 is 0 Å². The van der Waals surface area contributed by atoms with E-state index in [1.807, 2.05) is 0 Å². The fourth-order valence-electron chi connectivity index (χ4n) is 13.4. The number of halogens is 1. The van der Waals surface area contributed by atoms with Gasteiger partial charge in [0.1, 0.15) is 0 Å². The second-order valence-corrected chi connectivity index (χ2v) is 26.9. The summed E-state index contributed by atoms with van der Waals surface area (Å²) >= 11 is 0. The molecule has 0 fully saturated rings. The van der Waals surface area contributed by atoms with Gasteiger partial charge in [0, 0.05) is 0 Å². The second kappa shape index (κ2) is 73.4. The molecule has 0 unspecified atom stereocenters. The smallest absolute Gasteiger partial charge is 0.0786 e. The van der Waals surface area contributed by atoms with Crippen LogP contribution in [0.15, 0.2) is 0 Å². The van der Waals surface area contributed by atoms with Crippen LogP contribution in [0.4, 0.5) is 0 Å².